The molecule has 12 heteroatoms. The zero-order valence-electron chi connectivity index (χ0n) is 26.2. The Kier molecular flexibility index (Phi) is 9.16. The number of aromatic nitrogens is 3. The van der Waals surface area contributed by atoms with E-state index in [9.17, 15) is 4.79 Å². The molecule has 0 unspecified atom stereocenters. The van der Waals surface area contributed by atoms with Crippen LogP contribution in [0.4, 0.5) is 27.3 Å². The van der Waals surface area contributed by atoms with Gasteiger partial charge in [-0.3, -0.25) is 4.79 Å². The number of rotatable bonds is 9. The Morgan fingerprint density at radius 3 is 2.50 bits per heavy atom. The normalized spacial score (nSPS) is 18.7. The summed E-state index contributed by atoms with van der Waals surface area (Å²) >= 11 is 0. The predicted molar refractivity (Wildman–Crippen MR) is 176 cm³/mol. The number of morpholine rings is 1. The molecule has 0 radical (unpaired) electrons. The molecule has 2 aromatic heterocycles. The number of carbonyl (C=O) groups excluding carboxylic acids is 1. The van der Waals surface area contributed by atoms with Crippen molar-refractivity contribution < 1.29 is 23.4 Å². The van der Waals surface area contributed by atoms with Crippen molar-refractivity contribution in [3.63, 3.8) is 0 Å². The van der Waals surface area contributed by atoms with Crippen LogP contribution in [-0.4, -0.2) is 77.3 Å². The van der Waals surface area contributed by atoms with E-state index in [-0.39, 0.29) is 29.8 Å². The number of nitrogens with zero attached hydrogens (tertiary/aromatic N) is 5. The summed E-state index contributed by atoms with van der Waals surface area (Å²) in [5.41, 5.74) is 2.62. The molecule has 0 aliphatic carbocycles. The molecule has 2 atom stereocenters. The largest absolute Gasteiger partial charge is 0.495 e. The van der Waals surface area contributed by atoms with E-state index in [0.29, 0.717) is 47.2 Å². The minimum absolute atomic E-state index is 0.0549. The van der Waals surface area contributed by atoms with Gasteiger partial charge in [0.1, 0.15) is 29.5 Å². The van der Waals surface area contributed by atoms with Crippen LogP contribution in [0.1, 0.15) is 26.7 Å². The number of hydrogen-bond acceptors (Lipinski definition) is 10. The van der Waals surface area contributed by atoms with Crippen molar-refractivity contribution >= 4 is 39.7 Å². The molecule has 2 N–H and O–H groups in total. The van der Waals surface area contributed by atoms with Crippen LogP contribution >= 0.6 is 0 Å². The third-order valence-corrected chi connectivity index (χ3v) is 8.22. The first-order chi connectivity index (χ1) is 22.3. The van der Waals surface area contributed by atoms with E-state index in [2.05, 4.69) is 50.9 Å². The monoisotopic (exact) mass is 627 g/mol. The van der Waals surface area contributed by atoms with Gasteiger partial charge in [0.25, 0.3) is 0 Å². The van der Waals surface area contributed by atoms with Crippen molar-refractivity contribution in [1.82, 2.24) is 19.9 Å². The average molecular weight is 628 g/mol. The molecule has 4 aromatic rings. The third-order valence-electron chi connectivity index (χ3n) is 8.22. The number of anilines is 4. The summed E-state index contributed by atoms with van der Waals surface area (Å²) in [6.45, 7) is 10.6. The van der Waals surface area contributed by atoms with Crippen LogP contribution in [0.2, 0.25) is 0 Å². The number of nitrogens with one attached hydrogen (secondary N) is 2. The molecule has 11 nitrogen and oxygen atoms in total. The van der Waals surface area contributed by atoms with E-state index in [1.807, 2.05) is 18.2 Å². The van der Waals surface area contributed by atoms with Gasteiger partial charge in [0, 0.05) is 55.8 Å². The Labute approximate surface area is 267 Å². The third kappa shape index (κ3) is 6.96. The Hall–Kier alpha value is -4.97. The highest BCUT2D eigenvalue weighted by atomic mass is 19.1. The number of pyridine rings is 1. The molecular weight excluding hydrogens is 589 g/mol. The minimum Gasteiger partial charge on any atom is -0.495 e. The summed E-state index contributed by atoms with van der Waals surface area (Å²) in [5.74, 6) is 1.20. The molecule has 0 bridgehead atoms. The fourth-order valence-electron chi connectivity index (χ4n) is 5.98. The van der Waals surface area contributed by atoms with E-state index in [1.165, 1.54) is 18.5 Å². The van der Waals surface area contributed by atoms with Crippen molar-refractivity contribution in [3.8, 4) is 17.4 Å². The molecule has 2 aliphatic rings. The lowest BCUT2D eigenvalue weighted by atomic mass is 10.0. The Balaban J connectivity index is 1.15. The van der Waals surface area contributed by atoms with Gasteiger partial charge in [-0.1, -0.05) is 6.58 Å². The molecule has 2 aliphatic heterocycles. The number of benzene rings is 2. The number of amides is 1. The van der Waals surface area contributed by atoms with E-state index < -0.39 is 5.82 Å². The van der Waals surface area contributed by atoms with E-state index in [1.54, 1.807) is 36.4 Å². The molecule has 6 rings (SSSR count). The second-order valence-electron chi connectivity index (χ2n) is 11.6. The number of halogens is 1. The molecule has 2 saturated heterocycles. The van der Waals surface area contributed by atoms with Gasteiger partial charge < -0.3 is 34.6 Å². The quantitative estimate of drug-likeness (QED) is 0.217. The minimum atomic E-state index is -0.509. The highest BCUT2D eigenvalue weighted by Crippen LogP contribution is 2.35. The maximum Gasteiger partial charge on any atom is 0.245 e. The van der Waals surface area contributed by atoms with Crippen molar-refractivity contribution in [1.29, 1.82) is 0 Å². The van der Waals surface area contributed by atoms with Gasteiger partial charge in [-0.25, -0.2) is 19.3 Å². The summed E-state index contributed by atoms with van der Waals surface area (Å²) < 4.78 is 32.7. The van der Waals surface area contributed by atoms with Gasteiger partial charge in [0.2, 0.25) is 11.8 Å². The molecule has 46 heavy (non-hydrogen) atoms. The second kappa shape index (κ2) is 13.6. The molecule has 2 aromatic carbocycles. The molecule has 0 spiro atoms. The standard InChI is InChI=1S/C34H38FN7O4/c1-5-33(43)41-12-10-23(11-13-41)39-30-15-26-29(16-31(30)44-4)37-20-38-34(26)40-28-8-7-25(14-27(28)35)46-32-9-6-24(17-36-32)42-18-21(2)45-22(3)19-42/h5-9,14-17,20-23,39H,1,10-13,18-19H2,2-4H3,(H,37,38,40)/t21-,22+. The first kappa shape index (κ1) is 31.0. The van der Waals surface area contributed by atoms with Crippen molar-refractivity contribution in [3.05, 3.63) is 73.5 Å². The van der Waals surface area contributed by atoms with Gasteiger partial charge >= 0.3 is 0 Å². The molecule has 240 valence electrons. The fourth-order valence-corrected chi connectivity index (χ4v) is 5.98. The summed E-state index contributed by atoms with van der Waals surface area (Å²) in [6.07, 6.45) is 6.37. The summed E-state index contributed by atoms with van der Waals surface area (Å²) in [5, 5.41) is 7.36. The molecule has 0 saturated carbocycles. The lowest BCUT2D eigenvalue weighted by Crippen LogP contribution is -2.45. The molecule has 2 fully saturated rings. The first-order valence-electron chi connectivity index (χ1n) is 15.4. The topological polar surface area (TPSA) is 114 Å². The molecular formula is C34H38FN7O4. The lowest BCUT2D eigenvalue weighted by Gasteiger charge is -2.36. The van der Waals surface area contributed by atoms with Crippen LogP contribution in [-0.2, 0) is 9.53 Å². The number of ether oxygens (including phenoxy) is 3. The van der Waals surface area contributed by atoms with Crippen LogP contribution in [0.3, 0.4) is 0 Å². The van der Waals surface area contributed by atoms with Crippen LogP contribution in [0.15, 0.2) is 67.6 Å². The zero-order valence-corrected chi connectivity index (χ0v) is 26.2. The van der Waals surface area contributed by atoms with Gasteiger partial charge in [-0.05, 0) is 57.0 Å². The fraction of sp³-hybridized carbons (Fsp3) is 0.353. The highest BCUT2D eigenvalue weighted by molar-refractivity contribution is 5.95. The summed E-state index contributed by atoms with van der Waals surface area (Å²) in [4.78, 5) is 29.3. The van der Waals surface area contributed by atoms with Gasteiger partial charge in [-0.15, -0.1) is 0 Å². The SMILES string of the molecule is C=CC(=O)N1CCC(Nc2cc3c(Nc4ccc(Oc5ccc(N6C[C@@H](C)O[C@@H](C)C6)cn5)cc4F)ncnc3cc2OC)CC1. The Bertz CT molecular complexity index is 1700. The zero-order chi connectivity index (χ0) is 32.2. The number of hydrogen-bond donors (Lipinski definition) is 2. The van der Waals surface area contributed by atoms with Crippen LogP contribution < -0.4 is 25.0 Å². The maximum atomic E-state index is 15.3. The van der Waals surface area contributed by atoms with Crippen LogP contribution in [0, 0.1) is 5.82 Å². The highest BCUT2D eigenvalue weighted by Gasteiger charge is 2.24. The van der Waals surface area contributed by atoms with E-state index in [0.717, 1.165) is 37.3 Å². The number of fused-ring (bicyclic) bond motifs is 1. The number of likely N-dealkylation sites (tertiary alicyclic amines) is 1. The smallest absolute Gasteiger partial charge is 0.245 e. The first-order valence-corrected chi connectivity index (χ1v) is 15.4. The average Bonchev–Trinajstić information content (AvgIpc) is 3.06. The van der Waals surface area contributed by atoms with E-state index >= 15 is 4.39 Å². The maximum absolute atomic E-state index is 15.3. The second-order valence-corrected chi connectivity index (χ2v) is 11.6. The van der Waals surface area contributed by atoms with Crippen molar-refractivity contribution in [2.75, 3.05) is 48.8 Å². The summed E-state index contributed by atoms with van der Waals surface area (Å²) in [7, 11) is 1.60. The molecule has 4 heterocycles. The van der Waals surface area contributed by atoms with Crippen LogP contribution in [0.25, 0.3) is 10.9 Å². The molecule has 1 amide bonds. The Morgan fingerprint density at radius 1 is 1.04 bits per heavy atom. The van der Waals surface area contributed by atoms with Gasteiger partial charge in [0.15, 0.2) is 0 Å². The van der Waals surface area contributed by atoms with Crippen molar-refractivity contribution in [2.45, 2.75) is 44.9 Å². The summed E-state index contributed by atoms with van der Waals surface area (Å²) in [6, 6.07) is 12.2. The van der Waals surface area contributed by atoms with Gasteiger partial charge in [-0.2, -0.15) is 0 Å². The van der Waals surface area contributed by atoms with E-state index in [4.69, 9.17) is 14.2 Å². The van der Waals surface area contributed by atoms with Crippen LogP contribution in [0.5, 0.6) is 17.4 Å². The number of piperidine rings is 1. The predicted octanol–water partition coefficient (Wildman–Crippen LogP) is 5.91. The Morgan fingerprint density at radius 2 is 1.83 bits per heavy atom. The lowest BCUT2D eigenvalue weighted by molar-refractivity contribution is -0.126. The van der Waals surface area contributed by atoms with Gasteiger partial charge in [0.05, 0.1) is 48.1 Å². The number of methoxy groups -OCH3 is 1. The van der Waals surface area contributed by atoms with Crippen molar-refractivity contribution in [2.24, 2.45) is 0 Å². The number of carbonyl (C=O) groups is 1.